The summed E-state index contributed by atoms with van der Waals surface area (Å²) in [5.41, 5.74) is 5.85. The van der Waals surface area contributed by atoms with Crippen LogP contribution in [0.5, 0.6) is 0 Å². The number of hydrogen-bond acceptors (Lipinski definition) is 9. The minimum atomic E-state index is -1.00. The van der Waals surface area contributed by atoms with Crippen molar-refractivity contribution in [3.8, 4) is 0 Å². The normalized spacial score (nSPS) is 16.2. The highest BCUT2D eigenvalue weighted by Gasteiger charge is 2.41. The van der Waals surface area contributed by atoms with E-state index in [2.05, 4.69) is 0 Å². The molecule has 4 heterocycles. The predicted octanol–water partition coefficient (Wildman–Crippen LogP) is 1.13. The van der Waals surface area contributed by atoms with Crippen molar-refractivity contribution in [1.29, 1.82) is 0 Å². The van der Waals surface area contributed by atoms with Crippen molar-refractivity contribution in [2.75, 3.05) is 13.2 Å². The Hall–Kier alpha value is -3.79. The van der Waals surface area contributed by atoms with Gasteiger partial charge >= 0.3 is 11.9 Å². The van der Waals surface area contributed by atoms with Crippen LogP contribution in [0, 0.1) is 0 Å². The molecule has 4 rings (SSSR count). The summed E-state index contributed by atoms with van der Waals surface area (Å²) < 4.78 is 23.0. The third-order valence-corrected chi connectivity index (χ3v) is 5.89. The highest BCUT2D eigenvalue weighted by Crippen LogP contribution is 2.37. The lowest BCUT2D eigenvalue weighted by atomic mass is 9.87. The zero-order valence-corrected chi connectivity index (χ0v) is 18.1. The first-order chi connectivity index (χ1) is 15.5. The third-order valence-electron chi connectivity index (χ3n) is 4.78. The number of carbonyl (C=O) groups is 2. The van der Waals surface area contributed by atoms with Crippen LogP contribution in [-0.2, 0) is 19.1 Å². The van der Waals surface area contributed by atoms with Crippen LogP contribution in [0.25, 0.3) is 17.5 Å². The monoisotopic (exact) mass is 456 g/mol. The van der Waals surface area contributed by atoms with E-state index >= 15 is 0 Å². The molecule has 0 bridgehead atoms. The van der Waals surface area contributed by atoms with Gasteiger partial charge in [-0.2, -0.15) is 0 Å². The van der Waals surface area contributed by atoms with E-state index in [4.69, 9.17) is 24.0 Å². The molecule has 3 aromatic rings. The van der Waals surface area contributed by atoms with Crippen molar-refractivity contribution in [2.45, 2.75) is 19.8 Å². The maximum Gasteiger partial charge on any atom is 0.338 e. The highest BCUT2D eigenvalue weighted by molar-refractivity contribution is 7.07. The van der Waals surface area contributed by atoms with E-state index in [0.29, 0.717) is 11.5 Å². The molecule has 0 saturated heterocycles. The molecule has 0 radical (unpaired) electrons. The summed E-state index contributed by atoms with van der Waals surface area (Å²) in [7, 11) is 0. The number of nitrogens with two attached hydrogens (primary N) is 1. The second-order valence-corrected chi connectivity index (χ2v) is 7.70. The number of rotatable bonds is 6. The van der Waals surface area contributed by atoms with Crippen LogP contribution >= 0.6 is 11.3 Å². The third kappa shape index (κ3) is 3.58. The molecule has 0 aliphatic carbocycles. The second-order valence-electron chi connectivity index (χ2n) is 6.67. The van der Waals surface area contributed by atoms with Crippen molar-refractivity contribution in [3.63, 3.8) is 0 Å². The fraction of sp³-hybridized carbons (Fsp3) is 0.227. The van der Waals surface area contributed by atoms with Gasteiger partial charge in [0, 0.05) is 6.08 Å². The summed E-state index contributed by atoms with van der Waals surface area (Å²) in [5, 5.41) is 0. The van der Waals surface area contributed by atoms with Gasteiger partial charge in [0.05, 0.1) is 47.3 Å². The van der Waals surface area contributed by atoms with E-state index in [1.165, 1.54) is 12.5 Å². The number of fused-ring (bicyclic) bond motifs is 1. The van der Waals surface area contributed by atoms with Gasteiger partial charge in [0.2, 0.25) is 0 Å². The van der Waals surface area contributed by atoms with Crippen LogP contribution in [0.4, 0.5) is 0 Å². The van der Waals surface area contributed by atoms with Crippen LogP contribution in [0.3, 0.4) is 0 Å². The van der Waals surface area contributed by atoms with Crippen molar-refractivity contribution >= 4 is 40.7 Å². The molecule has 32 heavy (non-hydrogen) atoms. The van der Waals surface area contributed by atoms with Crippen LogP contribution in [0.15, 0.2) is 56.0 Å². The molecule has 0 saturated carbocycles. The molecule has 1 aliphatic heterocycles. The van der Waals surface area contributed by atoms with Crippen LogP contribution in [-0.4, -0.2) is 29.7 Å². The van der Waals surface area contributed by atoms with Gasteiger partial charge < -0.3 is 24.0 Å². The Morgan fingerprint density at radius 1 is 1.09 bits per heavy atom. The molecule has 1 aliphatic rings. The smallest absolute Gasteiger partial charge is 0.338 e. The number of thiazole rings is 1. The second kappa shape index (κ2) is 8.75. The Balaban J connectivity index is 2.11. The fourth-order valence-corrected chi connectivity index (χ4v) is 4.65. The molecule has 9 nitrogen and oxygen atoms in total. The molecule has 0 spiro atoms. The Bertz CT molecular complexity index is 1360. The van der Waals surface area contributed by atoms with E-state index in [9.17, 15) is 14.4 Å². The molecule has 0 unspecified atom stereocenters. The molecule has 3 aromatic heterocycles. The van der Waals surface area contributed by atoms with E-state index in [1.807, 2.05) is 0 Å². The van der Waals surface area contributed by atoms with E-state index in [0.717, 1.165) is 15.9 Å². The average Bonchev–Trinajstić information content (AvgIpc) is 3.51. The maximum absolute atomic E-state index is 13.2. The molecule has 0 fully saturated rings. The van der Waals surface area contributed by atoms with Crippen molar-refractivity contribution in [3.05, 3.63) is 73.4 Å². The summed E-state index contributed by atoms with van der Waals surface area (Å²) in [6.45, 7) is 3.49. The van der Waals surface area contributed by atoms with Gasteiger partial charge in [-0.05, 0) is 38.1 Å². The lowest BCUT2D eigenvalue weighted by Crippen LogP contribution is -2.41. The minimum absolute atomic E-state index is 0.0678. The number of nitrogens with zero attached hydrogens (tertiary/aromatic N) is 1. The van der Waals surface area contributed by atoms with Gasteiger partial charge in [-0.1, -0.05) is 0 Å². The van der Waals surface area contributed by atoms with Crippen LogP contribution in [0.2, 0.25) is 0 Å². The Kier molecular flexibility index (Phi) is 5.87. The van der Waals surface area contributed by atoms with Crippen molar-refractivity contribution in [1.82, 2.24) is 4.57 Å². The quantitative estimate of drug-likeness (QED) is 0.547. The number of aromatic nitrogens is 1. The number of furan rings is 2. The summed E-state index contributed by atoms with van der Waals surface area (Å²) in [6, 6.07) is 6.62. The number of carbonyl (C=O) groups excluding carboxylic acids is 2. The minimum Gasteiger partial charge on any atom is -0.468 e. The molecular formula is C22H20N2O7S. The summed E-state index contributed by atoms with van der Waals surface area (Å²) in [4.78, 5) is 39.2. The van der Waals surface area contributed by atoms with Gasteiger partial charge in [0.1, 0.15) is 22.0 Å². The van der Waals surface area contributed by atoms with E-state index in [-0.39, 0.29) is 39.4 Å². The zero-order chi connectivity index (χ0) is 22.8. The molecule has 166 valence electrons. The Morgan fingerprint density at radius 2 is 1.75 bits per heavy atom. The predicted molar refractivity (Wildman–Crippen MR) is 116 cm³/mol. The number of ether oxygens (including phenoxy) is 2. The molecule has 1 atom stereocenters. The highest BCUT2D eigenvalue weighted by atomic mass is 32.1. The Labute approximate surface area is 185 Å². The lowest BCUT2D eigenvalue weighted by molar-refractivity contribution is -0.138. The number of hydrogen-bond donors (Lipinski definition) is 1. The van der Waals surface area contributed by atoms with Gasteiger partial charge in [0.15, 0.2) is 0 Å². The fourth-order valence-electron chi connectivity index (χ4n) is 3.51. The first kappa shape index (κ1) is 21.4. The standard InChI is InChI=1S/C22H20N2O7S/c1-3-28-21(26)16-15(13-8-6-10-31-13)17(22(27)29-4-2)20-24(18(16)23)19(25)14(32-20)11-12-7-5-9-30-12/h5-11,15H,3-4,23H2,1-2H3/b14-11+/t15-/m1/s1. The van der Waals surface area contributed by atoms with E-state index < -0.39 is 23.4 Å². The average molecular weight is 456 g/mol. The van der Waals surface area contributed by atoms with Crippen molar-refractivity contribution < 1.29 is 27.9 Å². The first-order valence-electron chi connectivity index (χ1n) is 9.86. The Morgan fingerprint density at radius 3 is 2.34 bits per heavy atom. The summed E-state index contributed by atoms with van der Waals surface area (Å²) in [6.07, 6.45) is 4.44. The van der Waals surface area contributed by atoms with Crippen molar-refractivity contribution in [2.24, 2.45) is 5.73 Å². The summed E-state index contributed by atoms with van der Waals surface area (Å²) >= 11 is 1.04. The molecule has 2 N–H and O–H groups in total. The molecular weight excluding hydrogens is 436 g/mol. The van der Waals surface area contributed by atoms with Gasteiger partial charge in [0.25, 0.3) is 5.56 Å². The van der Waals surface area contributed by atoms with Gasteiger partial charge in [-0.3, -0.25) is 9.36 Å². The maximum atomic E-state index is 13.2. The van der Waals surface area contributed by atoms with E-state index in [1.54, 1.807) is 44.2 Å². The SMILES string of the molecule is CCOC(=O)C1=C(N)n2c(s/c(=C/c3ccco3)c2=O)=C(C(=O)OCC)[C@@H]1c1ccco1. The molecule has 0 amide bonds. The first-order valence-corrected chi connectivity index (χ1v) is 10.7. The van der Waals surface area contributed by atoms with Crippen LogP contribution in [0.1, 0.15) is 31.3 Å². The van der Waals surface area contributed by atoms with Gasteiger partial charge in [-0.15, -0.1) is 11.3 Å². The number of esters is 2. The van der Waals surface area contributed by atoms with Gasteiger partial charge in [-0.25, -0.2) is 9.59 Å². The molecule has 0 aromatic carbocycles. The summed E-state index contributed by atoms with van der Waals surface area (Å²) in [5.74, 6) is -1.83. The van der Waals surface area contributed by atoms with Crippen LogP contribution < -0.4 is 20.5 Å². The zero-order valence-electron chi connectivity index (χ0n) is 17.3. The molecule has 10 heteroatoms. The lowest BCUT2D eigenvalue weighted by Gasteiger charge is -2.25. The largest absolute Gasteiger partial charge is 0.468 e. The topological polar surface area (TPSA) is 127 Å².